The molecule has 0 saturated carbocycles. The topological polar surface area (TPSA) is 38.0 Å². The number of nitrogens with two attached hydrogens (primary N) is 1. The summed E-state index contributed by atoms with van der Waals surface area (Å²) in [7, 11) is 0. The summed E-state index contributed by atoms with van der Waals surface area (Å²) in [4.78, 5) is 1.40. The summed E-state index contributed by atoms with van der Waals surface area (Å²) in [6.45, 7) is 2.97. The summed E-state index contributed by atoms with van der Waals surface area (Å²) in [6, 6.07) is 10.3. The molecule has 0 aliphatic carbocycles. The number of hydrogen-bond donors (Lipinski definition) is 2. The first-order valence-corrected chi connectivity index (χ1v) is 6.26. The van der Waals surface area contributed by atoms with Crippen LogP contribution in [0.25, 0.3) is 0 Å². The van der Waals surface area contributed by atoms with Gasteiger partial charge in [-0.15, -0.1) is 11.3 Å². The lowest BCUT2D eigenvalue weighted by molar-refractivity contribution is 1.04. The smallest absolute Gasteiger partial charge is 0.0574 e. The highest BCUT2D eigenvalue weighted by atomic mass is 32.1. The molecule has 1 aromatic carbocycles. The van der Waals surface area contributed by atoms with Crippen molar-refractivity contribution in [2.75, 3.05) is 17.6 Å². The van der Waals surface area contributed by atoms with E-state index in [0.29, 0.717) is 0 Å². The van der Waals surface area contributed by atoms with Gasteiger partial charge in [0.25, 0.3) is 0 Å². The molecule has 2 aromatic rings. The Labute approximate surface area is 100 Å². The second kappa shape index (κ2) is 5.03. The van der Waals surface area contributed by atoms with Gasteiger partial charge in [-0.25, -0.2) is 0 Å². The fraction of sp³-hybridized carbons (Fsp3) is 0.231. The van der Waals surface area contributed by atoms with Crippen LogP contribution in [-0.4, -0.2) is 6.54 Å². The van der Waals surface area contributed by atoms with Crippen LogP contribution in [0, 0.1) is 6.92 Å². The van der Waals surface area contributed by atoms with Gasteiger partial charge in [-0.05, 0) is 42.5 Å². The summed E-state index contributed by atoms with van der Waals surface area (Å²) < 4.78 is 0. The van der Waals surface area contributed by atoms with Gasteiger partial charge in [-0.1, -0.05) is 12.1 Å². The van der Waals surface area contributed by atoms with Crippen molar-refractivity contribution in [3.05, 3.63) is 46.2 Å². The predicted molar refractivity (Wildman–Crippen MR) is 72.1 cm³/mol. The fourth-order valence-corrected chi connectivity index (χ4v) is 2.33. The molecule has 0 aliphatic heterocycles. The van der Waals surface area contributed by atoms with Crippen molar-refractivity contribution in [2.45, 2.75) is 13.3 Å². The third kappa shape index (κ3) is 2.76. The highest BCUT2D eigenvalue weighted by Crippen LogP contribution is 2.19. The van der Waals surface area contributed by atoms with E-state index in [1.54, 1.807) is 11.3 Å². The van der Waals surface area contributed by atoms with Gasteiger partial charge in [0.1, 0.15) is 0 Å². The average molecular weight is 232 g/mol. The molecule has 0 atom stereocenters. The SMILES string of the molecule is Cc1ccc(NCCc2cccs2)c(N)c1. The summed E-state index contributed by atoms with van der Waals surface area (Å²) >= 11 is 1.79. The lowest BCUT2D eigenvalue weighted by atomic mass is 10.2. The number of nitrogens with one attached hydrogen (secondary N) is 1. The van der Waals surface area contributed by atoms with E-state index in [9.17, 15) is 0 Å². The third-order valence-corrected chi connectivity index (χ3v) is 3.41. The Morgan fingerprint density at radius 3 is 2.88 bits per heavy atom. The van der Waals surface area contributed by atoms with Gasteiger partial charge < -0.3 is 11.1 Å². The Morgan fingerprint density at radius 2 is 2.19 bits per heavy atom. The van der Waals surface area contributed by atoms with E-state index in [4.69, 9.17) is 5.73 Å². The molecule has 0 radical (unpaired) electrons. The van der Waals surface area contributed by atoms with Crippen LogP contribution in [0.3, 0.4) is 0 Å². The van der Waals surface area contributed by atoms with E-state index in [1.807, 2.05) is 19.1 Å². The molecule has 0 saturated heterocycles. The maximum Gasteiger partial charge on any atom is 0.0574 e. The van der Waals surface area contributed by atoms with Gasteiger partial charge in [-0.2, -0.15) is 0 Å². The number of hydrogen-bond acceptors (Lipinski definition) is 3. The second-order valence-electron chi connectivity index (χ2n) is 3.85. The molecule has 0 spiro atoms. The van der Waals surface area contributed by atoms with E-state index in [2.05, 4.69) is 28.9 Å². The highest BCUT2D eigenvalue weighted by molar-refractivity contribution is 7.09. The third-order valence-electron chi connectivity index (χ3n) is 2.47. The van der Waals surface area contributed by atoms with Crippen LogP contribution in [0.5, 0.6) is 0 Å². The van der Waals surface area contributed by atoms with Crippen molar-refractivity contribution >= 4 is 22.7 Å². The molecule has 2 nitrogen and oxygen atoms in total. The zero-order valence-electron chi connectivity index (χ0n) is 9.36. The molecule has 0 fully saturated rings. The van der Waals surface area contributed by atoms with Crippen molar-refractivity contribution in [1.29, 1.82) is 0 Å². The van der Waals surface area contributed by atoms with Crippen LogP contribution in [0.1, 0.15) is 10.4 Å². The van der Waals surface area contributed by atoms with Crippen LogP contribution in [0.2, 0.25) is 0 Å². The minimum absolute atomic E-state index is 0.825. The molecule has 0 bridgehead atoms. The molecule has 0 amide bonds. The first-order valence-electron chi connectivity index (χ1n) is 5.38. The Morgan fingerprint density at radius 1 is 1.31 bits per heavy atom. The van der Waals surface area contributed by atoms with Gasteiger partial charge in [0, 0.05) is 11.4 Å². The molecule has 84 valence electrons. The first kappa shape index (κ1) is 11.0. The van der Waals surface area contributed by atoms with Crippen LogP contribution in [0.15, 0.2) is 35.7 Å². The second-order valence-corrected chi connectivity index (χ2v) is 4.88. The number of rotatable bonds is 4. The minimum atomic E-state index is 0.825. The van der Waals surface area contributed by atoms with E-state index < -0.39 is 0 Å². The zero-order valence-corrected chi connectivity index (χ0v) is 10.2. The Kier molecular flexibility index (Phi) is 3.47. The van der Waals surface area contributed by atoms with E-state index in [1.165, 1.54) is 10.4 Å². The maximum atomic E-state index is 5.92. The van der Waals surface area contributed by atoms with Crippen LogP contribution < -0.4 is 11.1 Å². The van der Waals surface area contributed by atoms with Crippen molar-refractivity contribution < 1.29 is 0 Å². The molecule has 1 aromatic heterocycles. The Hall–Kier alpha value is -1.48. The molecule has 0 aliphatic rings. The fourth-order valence-electron chi connectivity index (χ4n) is 1.62. The van der Waals surface area contributed by atoms with Gasteiger partial charge >= 0.3 is 0 Å². The molecular weight excluding hydrogens is 216 g/mol. The van der Waals surface area contributed by atoms with E-state index in [0.717, 1.165) is 24.3 Å². The van der Waals surface area contributed by atoms with Gasteiger partial charge in [0.05, 0.1) is 11.4 Å². The summed E-state index contributed by atoms with van der Waals surface area (Å²) in [5, 5.41) is 5.47. The Balaban J connectivity index is 1.90. The maximum absolute atomic E-state index is 5.92. The molecule has 3 N–H and O–H groups in total. The van der Waals surface area contributed by atoms with Crippen LogP contribution >= 0.6 is 11.3 Å². The van der Waals surface area contributed by atoms with Crippen LogP contribution in [-0.2, 0) is 6.42 Å². The lowest BCUT2D eigenvalue weighted by Gasteiger charge is -2.09. The lowest BCUT2D eigenvalue weighted by Crippen LogP contribution is -2.06. The number of thiophene rings is 1. The number of aryl methyl sites for hydroxylation is 1. The molecule has 2 rings (SSSR count). The molecule has 16 heavy (non-hydrogen) atoms. The normalized spacial score (nSPS) is 10.3. The van der Waals surface area contributed by atoms with Gasteiger partial charge in [0.2, 0.25) is 0 Å². The first-order chi connectivity index (χ1) is 7.75. The molecular formula is C13H16N2S. The summed E-state index contributed by atoms with van der Waals surface area (Å²) in [6.07, 6.45) is 1.05. The number of anilines is 2. The van der Waals surface area contributed by atoms with Crippen molar-refractivity contribution in [1.82, 2.24) is 0 Å². The summed E-state index contributed by atoms with van der Waals surface area (Å²) in [5.74, 6) is 0. The van der Waals surface area contributed by atoms with Gasteiger partial charge in [0.15, 0.2) is 0 Å². The molecule has 0 unspecified atom stereocenters. The standard InChI is InChI=1S/C13H16N2S/c1-10-4-5-13(12(14)9-10)15-7-6-11-3-2-8-16-11/h2-5,8-9,15H,6-7,14H2,1H3. The zero-order chi connectivity index (χ0) is 11.4. The summed E-state index contributed by atoms with van der Waals surface area (Å²) in [5.41, 5.74) is 8.97. The monoisotopic (exact) mass is 232 g/mol. The van der Waals surface area contributed by atoms with Crippen LogP contribution in [0.4, 0.5) is 11.4 Å². The van der Waals surface area contributed by atoms with E-state index in [-0.39, 0.29) is 0 Å². The Bertz CT molecular complexity index is 449. The average Bonchev–Trinajstić information content (AvgIpc) is 2.74. The predicted octanol–water partition coefficient (Wildman–Crippen LogP) is 3.29. The number of nitrogen functional groups attached to an aromatic ring is 1. The van der Waals surface area contributed by atoms with Crippen molar-refractivity contribution in [2.24, 2.45) is 0 Å². The van der Waals surface area contributed by atoms with Crippen molar-refractivity contribution in [3.63, 3.8) is 0 Å². The van der Waals surface area contributed by atoms with E-state index >= 15 is 0 Å². The largest absolute Gasteiger partial charge is 0.397 e. The molecule has 1 heterocycles. The minimum Gasteiger partial charge on any atom is -0.397 e. The number of benzene rings is 1. The molecule has 3 heteroatoms. The van der Waals surface area contributed by atoms with Crippen molar-refractivity contribution in [3.8, 4) is 0 Å². The van der Waals surface area contributed by atoms with Gasteiger partial charge in [-0.3, -0.25) is 0 Å². The quantitative estimate of drug-likeness (QED) is 0.794. The highest BCUT2D eigenvalue weighted by Gasteiger charge is 1.99.